The minimum atomic E-state index is 1.09. The van der Waals surface area contributed by atoms with Gasteiger partial charge < -0.3 is 10.6 Å². The second-order valence-electron chi connectivity index (χ2n) is 12.0. The maximum absolute atomic E-state index is 3.46. The Balaban J connectivity index is 0.000000157. The first kappa shape index (κ1) is 31.9. The zero-order chi connectivity index (χ0) is 33.8. The Kier molecular flexibility index (Phi) is 10.2. The van der Waals surface area contributed by atoms with Crippen LogP contribution in [0.25, 0.3) is 44.5 Å². The van der Waals surface area contributed by atoms with E-state index < -0.39 is 0 Å². The van der Waals surface area contributed by atoms with Crippen molar-refractivity contribution in [3.8, 4) is 44.5 Å². The highest BCUT2D eigenvalue weighted by molar-refractivity contribution is 5.72. The molecule has 0 saturated carbocycles. The van der Waals surface area contributed by atoms with Gasteiger partial charge in [-0.15, -0.1) is 0 Å². The van der Waals surface area contributed by atoms with E-state index in [0.717, 1.165) is 22.7 Å². The molecule has 0 aliphatic heterocycles. The average molecular weight is 643 g/mol. The zero-order valence-electron chi connectivity index (χ0n) is 27.8. The Morgan fingerprint density at radius 1 is 0.160 bits per heavy atom. The first-order chi connectivity index (χ1) is 24.8. The van der Waals surface area contributed by atoms with E-state index in [-0.39, 0.29) is 0 Å². The number of nitrogens with one attached hydrogen (secondary N) is 2. The molecule has 0 heterocycles. The molecule has 2 heteroatoms. The smallest absolute Gasteiger partial charge is 0.0384 e. The van der Waals surface area contributed by atoms with Crippen LogP contribution < -0.4 is 10.6 Å². The number of hydrogen-bond donors (Lipinski definition) is 2. The van der Waals surface area contributed by atoms with Crippen molar-refractivity contribution in [2.45, 2.75) is 0 Å². The lowest BCUT2D eigenvalue weighted by Crippen LogP contribution is -1.90. The first-order valence-electron chi connectivity index (χ1n) is 16.9. The molecule has 0 unspecified atom stereocenters. The molecule has 0 amide bonds. The number of rotatable bonds is 8. The fourth-order valence-electron chi connectivity index (χ4n) is 5.84. The van der Waals surface area contributed by atoms with Crippen LogP contribution in [0.4, 0.5) is 22.7 Å². The topological polar surface area (TPSA) is 24.1 Å². The summed E-state index contributed by atoms with van der Waals surface area (Å²) < 4.78 is 0. The predicted octanol–water partition coefficient (Wildman–Crippen LogP) is 13.5. The molecular formula is C48H38N2. The van der Waals surface area contributed by atoms with E-state index in [1.54, 1.807) is 0 Å². The minimum absolute atomic E-state index is 1.09. The largest absolute Gasteiger partial charge is 0.356 e. The van der Waals surface area contributed by atoms with E-state index >= 15 is 0 Å². The molecule has 0 radical (unpaired) electrons. The van der Waals surface area contributed by atoms with Crippen LogP contribution in [0.5, 0.6) is 0 Å². The van der Waals surface area contributed by atoms with Crippen LogP contribution in [0, 0.1) is 0 Å². The Labute approximate surface area is 295 Å². The molecular weight excluding hydrogens is 605 g/mol. The lowest BCUT2D eigenvalue weighted by molar-refractivity contribution is 1.53. The molecule has 0 spiro atoms. The molecule has 0 aromatic heterocycles. The van der Waals surface area contributed by atoms with Gasteiger partial charge in [0.05, 0.1) is 0 Å². The number of anilines is 4. The molecule has 8 rings (SSSR count). The molecule has 0 aliphatic rings. The van der Waals surface area contributed by atoms with Crippen LogP contribution in [0.15, 0.2) is 218 Å². The second kappa shape index (κ2) is 16.0. The highest BCUT2D eigenvalue weighted by Gasteiger charge is 2.02. The predicted molar refractivity (Wildman–Crippen MR) is 214 cm³/mol. The van der Waals surface area contributed by atoms with Gasteiger partial charge in [-0.3, -0.25) is 0 Å². The Morgan fingerprint density at radius 3 is 0.500 bits per heavy atom. The highest BCUT2D eigenvalue weighted by atomic mass is 14.9. The SMILES string of the molecule is c1ccc(-c2ccc(Nc3ccc(-c4ccccc4)cc3)cc2)cc1.c1ccc(-c2ccc(Nc3ccc(-c4ccccc4)cc3)cc2)cc1. The summed E-state index contributed by atoms with van der Waals surface area (Å²) in [5, 5.41) is 6.92. The van der Waals surface area contributed by atoms with Gasteiger partial charge in [0.2, 0.25) is 0 Å². The summed E-state index contributed by atoms with van der Waals surface area (Å²) in [5.74, 6) is 0. The monoisotopic (exact) mass is 642 g/mol. The molecule has 50 heavy (non-hydrogen) atoms. The summed E-state index contributed by atoms with van der Waals surface area (Å²) in [6.45, 7) is 0. The molecule has 0 atom stereocenters. The van der Waals surface area contributed by atoms with Gasteiger partial charge in [0.15, 0.2) is 0 Å². The van der Waals surface area contributed by atoms with Gasteiger partial charge in [-0.1, -0.05) is 170 Å². The molecule has 2 N–H and O–H groups in total. The Bertz CT molecular complexity index is 1850. The van der Waals surface area contributed by atoms with Crippen molar-refractivity contribution in [1.82, 2.24) is 0 Å². The van der Waals surface area contributed by atoms with E-state index in [1.165, 1.54) is 44.5 Å². The third-order valence-corrected chi connectivity index (χ3v) is 8.55. The quantitative estimate of drug-likeness (QED) is 0.172. The highest BCUT2D eigenvalue weighted by Crippen LogP contribution is 2.27. The van der Waals surface area contributed by atoms with E-state index in [4.69, 9.17) is 0 Å². The Morgan fingerprint density at radius 2 is 0.320 bits per heavy atom. The van der Waals surface area contributed by atoms with E-state index in [2.05, 4.69) is 205 Å². The summed E-state index contributed by atoms with van der Waals surface area (Å²) in [6, 6.07) is 75.9. The minimum Gasteiger partial charge on any atom is -0.356 e. The summed E-state index contributed by atoms with van der Waals surface area (Å²) in [7, 11) is 0. The van der Waals surface area contributed by atoms with Crippen LogP contribution in [0.2, 0.25) is 0 Å². The maximum Gasteiger partial charge on any atom is 0.0384 e. The van der Waals surface area contributed by atoms with Crippen molar-refractivity contribution >= 4 is 22.7 Å². The van der Waals surface area contributed by atoms with E-state index in [9.17, 15) is 0 Å². The van der Waals surface area contributed by atoms with Crippen molar-refractivity contribution in [2.24, 2.45) is 0 Å². The molecule has 8 aromatic carbocycles. The van der Waals surface area contributed by atoms with E-state index in [0.29, 0.717) is 0 Å². The third-order valence-electron chi connectivity index (χ3n) is 8.55. The molecule has 0 bridgehead atoms. The summed E-state index contributed by atoms with van der Waals surface area (Å²) in [6.07, 6.45) is 0. The maximum atomic E-state index is 3.46. The average Bonchev–Trinajstić information content (AvgIpc) is 3.21. The van der Waals surface area contributed by atoms with Crippen molar-refractivity contribution < 1.29 is 0 Å². The van der Waals surface area contributed by atoms with Crippen LogP contribution in [0.1, 0.15) is 0 Å². The lowest BCUT2D eigenvalue weighted by Gasteiger charge is -2.09. The molecule has 8 aromatic rings. The summed E-state index contributed by atoms with van der Waals surface area (Å²) >= 11 is 0. The standard InChI is InChI=1S/2C24H19N/c2*1-3-7-19(8-4-1)21-11-15-23(16-12-21)25-24-17-13-22(14-18-24)20-9-5-2-6-10-20/h2*1-18,25H. The summed E-state index contributed by atoms with van der Waals surface area (Å²) in [5.41, 5.74) is 14.2. The van der Waals surface area contributed by atoms with Crippen molar-refractivity contribution in [2.75, 3.05) is 10.6 Å². The molecule has 2 nitrogen and oxygen atoms in total. The third kappa shape index (κ3) is 8.44. The first-order valence-corrected chi connectivity index (χ1v) is 16.9. The van der Waals surface area contributed by atoms with Gasteiger partial charge >= 0.3 is 0 Å². The van der Waals surface area contributed by atoms with Crippen LogP contribution in [-0.2, 0) is 0 Å². The molecule has 240 valence electrons. The number of hydrogen-bond acceptors (Lipinski definition) is 2. The number of benzene rings is 8. The Hall–Kier alpha value is -6.64. The fourth-order valence-corrected chi connectivity index (χ4v) is 5.84. The van der Waals surface area contributed by atoms with Crippen molar-refractivity contribution in [3.63, 3.8) is 0 Å². The van der Waals surface area contributed by atoms with Crippen LogP contribution in [-0.4, -0.2) is 0 Å². The zero-order valence-corrected chi connectivity index (χ0v) is 27.8. The van der Waals surface area contributed by atoms with Gasteiger partial charge in [-0.05, 0) is 93.0 Å². The van der Waals surface area contributed by atoms with Crippen molar-refractivity contribution in [3.05, 3.63) is 218 Å². The van der Waals surface area contributed by atoms with Gasteiger partial charge in [0.25, 0.3) is 0 Å². The van der Waals surface area contributed by atoms with Gasteiger partial charge in [0.1, 0.15) is 0 Å². The second-order valence-corrected chi connectivity index (χ2v) is 12.0. The van der Waals surface area contributed by atoms with Crippen molar-refractivity contribution in [1.29, 1.82) is 0 Å². The molecule has 0 fully saturated rings. The normalized spacial score (nSPS) is 10.4. The molecule has 0 aliphatic carbocycles. The van der Waals surface area contributed by atoms with Gasteiger partial charge in [-0.2, -0.15) is 0 Å². The van der Waals surface area contributed by atoms with Crippen LogP contribution >= 0.6 is 0 Å². The lowest BCUT2D eigenvalue weighted by atomic mass is 10.0. The fraction of sp³-hybridized carbons (Fsp3) is 0. The van der Waals surface area contributed by atoms with Gasteiger partial charge in [-0.25, -0.2) is 0 Å². The van der Waals surface area contributed by atoms with Crippen LogP contribution in [0.3, 0.4) is 0 Å². The van der Waals surface area contributed by atoms with Gasteiger partial charge in [0, 0.05) is 22.7 Å². The molecule has 0 saturated heterocycles. The summed E-state index contributed by atoms with van der Waals surface area (Å²) in [4.78, 5) is 0. The van der Waals surface area contributed by atoms with E-state index in [1.807, 2.05) is 24.3 Å².